The average molecular weight is 882 g/mol. The third-order valence-electron chi connectivity index (χ3n) is 14.4. The first kappa shape index (κ1) is 37.3. The van der Waals surface area contributed by atoms with Crippen LogP contribution in [0.3, 0.4) is 0 Å². The average Bonchev–Trinajstić information content (AvgIpc) is 4.12. The molecule has 0 saturated carbocycles. The van der Waals surface area contributed by atoms with Crippen LogP contribution in [0.4, 0.5) is 5.69 Å². The molecule has 10 heteroatoms. The summed E-state index contributed by atoms with van der Waals surface area (Å²) in [4.78, 5) is 23.8. The van der Waals surface area contributed by atoms with Crippen molar-refractivity contribution < 1.29 is 4.74 Å². The molecular weight excluding hydrogens is 851 g/mol. The van der Waals surface area contributed by atoms with Crippen molar-refractivity contribution in [2.24, 2.45) is 0 Å². The third-order valence-corrected chi connectivity index (χ3v) is 14.4. The zero-order valence-electron chi connectivity index (χ0n) is 36.3. The fourth-order valence-corrected chi connectivity index (χ4v) is 11.6. The van der Waals surface area contributed by atoms with Crippen LogP contribution in [0.2, 0.25) is 0 Å². The van der Waals surface area contributed by atoms with Crippen LogP contribution in [0.15, 0.2) is 189 Å². The van der Waals surface area contributed by atoms with E-state index in [1.54, 1.807) is 0 Å². The number of ether oxygens (including phenoxy) is 1. The van der Waals surface area contributed by atoms with E-state index in [-0.39, 0.29) is 0 Å². The Labute approximate surface area is 392 Å². The highest BCUT2D eigenvalue weighted by Gasteiger charge is 2.53. The van der Waals surface area contributed by atoms with Gasteiger partial charge in [0.2, 0.25) is 0 Å². The minimum Gasteiger partial charge on any atom is -0.457 e. The molecule has 13 aromatic rings. The molecule has 8 heterocycles. The van der Waals surface area contributed by atoms with Gasteiger partial charge in [0.15, 0.2) is 5.69 Å². The number of hydrogen-bond donors (Lipinski definition) is 0. The van der Waals surface area contributed by atoms with Gasteiger partial charge in [-0.3, -0.25) is 19.9 Å². The zero-order chi connectivity index (χ0) is 45.5. The molecule has 0 radical (unpaired) electrons. The number of benzene rings is 6. The largest absolute Gasteiger partial charge is 0.457 e. The highest BCUT2D eigenvalue weighted by Crippen LogP contribution is 2.62. The molecule has 69 heavy (non-hydrogen) atoms. The summed E-state index contributed by atoms with van der Waals surface area (Å²) in [6, 6.07) is 54.3. The molecule has 6 aromatic carbocycles. The molecule has 1 spiro atoms. The first-order valence-corrected chi connectivity index (χ1v) is 22.6. The Morgan fingerprint density at radius 1 is 0.464 bits per heavy atom. The van der Waals surface area contributed by atoms with Crippen molar-refractivity contribution in [3.05, 3.63) is 228 Å². The van der Waals surface area contributed by atoms with Crippen LogP contribution in [0, 0.1) is 17.9 Å². The fourth-order valence-electron chi connectivity index (χ4n) is 11.6. The number of aromatic nitrogens is 7. The molecule has 0 bridgehead atoms. The van der Waals surface area contributed by atoms with Gasteiger partial charge in [0.1, 0.15) is 11.5 Å². The van der Waals surface area contributed by atoms with Crippen LogP contribution in [-0.2, 0) is 5.41 Å². The van der Waals surface area contributed by atoms with Crippen molar-refractivity contribution in [1.82, 2.24) is 33.6 Å². The number of hydrogen-bond acceptors (Lipinski definition) is 6. The Morgan fingerprint density at radius 3 is 1.67 bits per heavy atom. The van der Waals surface area contributed by atoms with Crippen molar-refractivity contribution >= 4 is 71.1 Å². The molecule has 1 aliphatic carbocycles. The van der Waals surface area contributed by atoms with Crippen LogP contribution in [0.5, 0.6) is 11.5 Å². The molecule has 10 nitrogen and oxygen atoms in total. The van der Waals surface area contributed by atoms with Crippen LogP contribution in [0.1, 0.15) is 27.8 Å². The normalized spacial score (nSPS) is 14.5. The predicted molar refractivity (Wildman–Crippen MR) is 269 cm³/mol. The second-order valence-electron chi connectivity index (χ2n) is 17.7. The minimum atomic E-state index is -1.01. The topological polar surface area (TPSA) is 104 Å². The highest BCUT2D eigenvalue weighted by atomic mass is 16.5. The van der Waals surface area contributed by atoms with E-state index in [1.165, 1.54) is 0 Å². The van der Waals surface area contributed by atoms with Gasteiger partial charge in [0, 0.05) is 67.3 Å². The van der Waals surface area contributed by atoms with Crippen molar-refractivity contribution in [3.63, 3.8) is 0 Å². The number of para-hydroxylation sites is 3. The summed E-state index contributed by atoms with van der Waals surface area (Å²) >= 11 is 0. The Bertz CT molecular complexity index is 4350. The minimum absolute atomic E-state index is 0.525. The molecule has 2 aliphatic rings. The van der Waals surface area contributed by atoms with Crippen LogP contribution in [0.25, 0.3) is 98.7 Å². The molecule has 0 saturated heterocycles. The van der Waals surface area contributed by atoms with Gasteiger partial charge in [-0.25, -0.2) is 4.85 Å². The Hall–Kier alpha value is -9.90. The molecule has 0 amide bonds. The van der Waals surface area contributed by atoms with Crippen LogP contribution >= 0.6 is 0 Å². The molecule has 0 fully saturated rings. The summed E-state index contributed by atoms with van der Waals surface area (Å²) < 4.78 is 13.7. The summed E-state index contributed by atoms with van der Waals surface area (Å²) in [7, 11) is 0. The van der Waals surface area contributed by atoms with Gasteiger partial charge < -0.3 is 18.4 Å². The third kappa shape index (κ3) is 4.85. The van der Waals surface area contributed by atoms with E-state index >= 15 is 0 Å². The Kier molecular flexibility index (Phi) is 7.35. The van der Waals surface area contributed by atoms with Crippen molar-refractivity contribution in [1.29, 1.82) is 5.26 Å². The lowest BCUT2D eigenvalue weighted by molar-refractivity contribution is 0.436. The fraction of sp³-hybridized carbons (Fsp3) is 0.0169. The van der Waals surface area contributed by atoms with E-state index in [9.17, 15) is 5.26 Å². The second-order valence-corrected chi connectivity index (χ2v) is 17.7. The van der Waals surface area contributed by atoms with Crippen LogP contribution in [-0.4, -0.2) is 33.6 Å². The van der Waals surface area contributed by atoms with Crippen molar-refractivity contribution in [2.45, 2.75) is 5.41 Å². The molecule has 1 unspecified atom stereocenters. The van der Waals surface area contributed by atoms with Crippen LogP contribution < -0.4 is 4.74 Å². The highest BCUT2D eigenvalue weighted by molar-refractivity contribution is 6.12. The van der Waals surface area contributed by atoms with Gasteiger partial charge in [0.25, 0.3) is 0 Å². The summed E-state index contributed by atoms with van der Waals surface area (Å²) in [6.45, 7) is 7.86. The maximum atomic E-state index is 10.0. The smallest absolute Gasteiger partial charge is 0.188 e. The lowest BCUT2D eigenvalue weighted by atomic mass is 9.66. The molecule has 318 valence electrons. The zero-order valence-corrected chi connectivity index (χ0v) is 36.3. The van der Waals surface area contributed by atoms with E-state index in [4.69, 9.17) is 21.3 Å². The maximum absolute atomic E-state index is 10.0. The van der Waals surface area contributed by atoms with Gasteiger partial charge >= 0.3 is 0 Å². The summed E-state index contributed by atoms with van der Waals surface area (Å²) in [5.41, 5.74) is 14.0. The molecule has 7 aromatic heterocycles. The molecule has 0 N–H and O–H groups in total. The SMILES string of the molecule is [C-]#[N+]c1ccc2c(c1)c1cc(C#N)ccc1n2-c1cnc2c(c1)C1(c3ccccc3Oc3ccc(-n4c5ccccc5c5ccncc54)cc31)c1cc(-n3c4ccccc4c4ccncc43)cnc1-2. The summed E-state index contributed by atoms with van der Waals surface area (Å²) in [6.07, 6.45) is 11.4. The second kappa shape index (κ2) is 13.6. The number of nitrogens with zero attached hydrogens (tertiary/aromatic N) is 9. The van der Waals surface area contributed by atoms with E-state index in [0.717, 1.165) is 128 Å². The Balaban J connectivity index is 1.07. The molecule has 1 aliphatic heterocycles. The summed E-state index contributed by atoms with van der Waals surface area (Å²) in [5.74, 6) is 1.46. The first-order valence-electron chi connectivity index (χ1n) is 22.6. The maximum Gasteiger partial charge on any atom is 0.188 e. The van der Waals surface area contributed by atoms with E-state index in [2.05, 4.69) is 138 Å². The van der Waals surface area contributed by atoms with E-state index < -0.39 is 5.41 Å². The molecule has 1 atom stereocenters. The van der Waals surface area contributed by atoms with E-state index in [1.807, 2.05) is 85.7 Å². The van der Waals surface area contributed by atoms with Gasteiger partial charge in [0.05, 0.1) is 104 Å². The van der Waals surface area contributed by atoms with Gasteiger partial charge in [-0.05, 0) is 96.4 Å². The number of pyridine rings is 4. The van der Waals surface area contributed by atoms with Gasteiger partial charge in [-0.15, -0.1) is 0 Å². The lowest BCUT2D eigenvalue weighted by Gasteiger charge is -2.39. The van der Waals surface area contributed by atoms with E-state index in [0.29, 0.717) is 11.3 Å². The van der Waals surface area contributed by atoms with Gasteiger partial charge in [-0.2, -0.15) is 5.26 Å². The van der Waals surface area contributed by atoms with Gasteiger partial charge in [-0.1, -0.05) is 60.7 Å². The standard InChI is InChI=1S/C59H31N9O/c1-61-35-15-18-52-44(25-35)43-24-34(29-60)14-17-51(43)67(52)37-27-47-57(64-30-37)58-48(28-38(31-65-58)68-50-12-6-3-9-40(50)42-21-23-63-33-54(42)68)59(47)45-10-4-7-13-55(45)69-56-19-16-36(26-46(56)59)66-49-11-5-2-8-39(49)41-20-22-62-32-53(41)66/h2-28,30-33H. The van der Waals surface area contributed by atoms with Crippen molar-refractivity contribution in [3.8, 4) is 46.0 Å². The number of nitriles is 1. The first-order chi connectivity index (χ1) is 34.1. The monoisotopic (exact) mass is 881 g/mol. The lowest BCUT2D eigenvalue weighted by Crippen LogP contribution is -2.32. The summed E-state index contributed by atoms with van der Waals surface area (Å²) in [5, 5.41) is 16.3. The number of fused-ring (bicyclic) bond motifs is 18. The number of rotatable bonds is 3. The quantitative estimate of drug-likeness (QED) is 0.164. The molecular formula is C59H31N9O. The van der Waals surface area contributed by atoms with Crippen molar-refractivity contribution in [2.75, 3.05) is 0 Å². The Morgan fingerprint density at radius 2 is 1.00 bits per heavy atom. The predicted octanol–water partition coefficient (Wildman–Crippen LogP) is 13.4. The molecule has 15 rings (SSSR count).